The van der Waals surface area contributed by atoms with Crippen LogP contribution in [-0.4, -0.2) is 27.8 Å². The van der Waals surface area contributed by atoms with Crippen molar-refractivity contribution in [2.75, 3.05) is 0 Å². The molecule has 5 heteroatoms. The zero-order chi connectivity index (χ0) is 13.5. The topological polar surface area (TPSA) is 39.1 Å². The third kappa shape index (κ3) is 2.10. The molecule has 2 fully saturated rings. The van der Waals surface area contributed by atoms with Crippen molar-refractivity contribution in [3.63, 3.8) is 0 Å². The Balaban J connectivity index is 1.61. The molecule has 106 valence electrons. The van der Waals surface area contributed by atoms with E-state index in [-0.39, 0.29) is 6.04 Å². The second kappa shape index (κ2) is 4.98. The molecule has 2 bridgehead atoms. The van der Waals surface area contributed by atoms with Gasteiger partial charge in [-0.2, -0.15) is 0 Å². The van der Waals surface area contributed by atoms with Gasteiger partial charge in [0.15, 0.2) is 0 Å². The zero-order valence-electron chi connectivity index (χ0n) is 11.5. The molecule has 0 radical (unpaired) electrons. The maximum Gasteiger partial charge on any atom is 0.131 e. The normalized spacial score (nSPS) is 29.9. The first-order valence-electron chi connectivity index (χ1n) is 7.23. The van der Waals surface area contributed by atoms with Gasteiger partial charge < -0.3 is 9.30 Å². The molecule has 0 aliphatic carbocycles. The van der Waals surface area contributed by atoms with Gasteiger partial charge in [0, 0.05) is 30.4 Å². The van der Waals surface area contributed by atoms with Crippen LogP contribution in [0.4, 0.5) is 0 Å². The van der Waals surface area contributed by atoms with Gasteiger partial charge in [-0.15, -0.1) is 11.3 Å². The summed E-state index contributed by atoms with van der Waals surface area (Å²) >= 11 is 1.78. The van der Waals surface area contributed by atoms with E-state index in [2.05, 4.69) is 39.4 Å². The summed E-state index contributed by atoms with van der Waals surface area (Å²) in [5.41, 5.74) is 0. The van der Waals surface area contributed by atoms with E-state index in [9.17, 15) is 0 Å². The second-order valence-corrected chi connectivity index (χ2v) is 6.71. The number of thiophene rings is 1. The lowest BCUT2D eigenvalue weighted by Gasteiger charge is -2.26. The van der Waals surface area contributed by atoms with E-state index >= 15 is 0 Å². The van der Waals surface area contributed by atoms with Crippen LogP contribution in [0.3, 0.4) is 0 Å². The first kappa shape index (κ1) is 12.6. The molecule has 2 aromatic rings. The number of hydrogen-bond donors (Lipinski definition) is 1. The Labute approximate surface area is 122 Å². The Kier molecular flexibility index (Phi) is 3.13. The van der Waals surface area contributed by atoms with Crippen LogP contribution in [0.2, 0.25) is 0 Å². The second-order valence-electron chi connectivity index (χ2n) is 5.73. The summed E-state index contributed by atoms with van der Waals surface area (Å²) in [6.07, 6.45) is 8.31. The van der Waals surface area contributed by atoms with Gasteiger partial charge in [0.1, 0.15) is 11.9 Å². The molecule has 0 amide bonds. The minimum Gasteiger partial charge on any atom is -0.373 e. The Morgan fingerprint density at radius 1 is 1.50 bits per heavy atom. The van der Waals surface area contributed by atoms with Crippen molar-refractivity contribution < 1.29 is 4.74 Å². The van der Waals surface area contributed by atoms with Crippen LogP contribution in [0.25, 0.3) is 0 Å². The highest BCUT2D eigenvalue weighted by atomic mass is 32.1. The van der Waals surface area contributed by atoms with E-state index in [4.69, 9.17) is 4.74 Å². The molecular weight excluding hydrogens is 270 g/mol. The number of imidazole rings is 1. The molecule has 4 heterocycles. The number of rotatable bonds is 4. The molecule has 2 aliphatic heterocycles. The van der Waals surface area contributed by atoms with E-state index in [1.165, 1.54) is 17.7 Å². The molecule has 2 saturated heterocycles. The number of aryl methyl sites for hydroxylation is 1. The van der Waals surface area contributed by atoms with Crippen molar-refractivity contribution in [1.29, 1.82) is 0 Å². The van der Waals surface area contributed by atoms with Gasteiger partial charge in [-0.1, -0.05) is 6.07 Å². The fourth-order valence-electron chi connectivity index (χ4n) is 3.42. The summed E-state index contributed by atoms with van der Waals surface area (Å²) in [5.74, 6) is 1.08. The average molecular weight is 289 g/mol. The van der Waals surface area contributed by atoms with Crippen LogP contribution >= 0.6 is 11.3 Å². The number of ether oxygens (including phenoxy) is 1. The van der Waals surface area contributed by atoms with Gasteiger partial charge >= 0.3 is 0 Å². The van der Waals surface area contributed by atoms with Crippen LogP contribution in [0.5, 0.6) is 0 Å². The molecule has 4 rings (SSSR count). The van der Waals surface area contributed by atoms with Crippen LogP contribution in [0.15, 0.2) is 29.9 Å². The highest BCUT2D eigenvalue weighted by Crippen LogP contribution is 2.36. The maximum atomic E-state index is 5.96. The minimum atomic E-state index is 0.169. The van der Waals surface area contributed by atoms with Gasteiger partial charge in [-0.3, -0.25) is 5.32 Å². The van der Waals surface area contributed by atoms with Crippen molar-refractivity contribution >= 4 is 11.3 Å². The van der Waals surface area contributed by atoms with Crippen LogP contribution in [0, 0.1) is 0 Å². The summed E-state index contributed by atoms with van der Waals surface area (Å²) in [6, 6.07) is 4.92. The molecule has 20 heavy (non-hydrogen) atoms. The van der Waals surface area contributed by atoms with E-state index < -0.39 is 0 Å². The summed E-state index contributed by atoms with van der Waals surface area (Å²) in [4.78, 5) is 5.86. The van der Waals surface area contributed by atoms with Crippen LogP contribution in [0.1, 0.15) is 36.0 Å². The number of fused-ring (bicyclic) bond motifs is 2. The van der Waals surface area contributed by atoms with Crippen LogP contribution in [-0.2, 0) is 11.8 Å². The van der Waals surface area contributed by atoms with Gasteiger partial charge in [0.2, 0.25) is 0 Å². The Morgan fingerprint density at radius 3 is 3.05 bits per heavy atom. The minimum absolute atomic E-state index is 0.169. The Morgan fingerprint density at radius 2 is 2.45 bits per heavy atom. The monoisotopic (exact) mass is 289 g/mol. The van der Waals surface area contributed by atoms with Crippen molar-refractivity contribution in [2.45, 2.75) is 43.6 Å². The molecule has 2 aromatic heterocycles. The number of aromatic nitrogens is 2. The Bertz CT molecular complexity index is 580. The Hall–Kier alpha value is -1.17. The fraction of sp³-hybridized carbons (Fsp3) is 0.533. The molecule has 4 nitrogen and oxygen atoms in total. The highest BCUT2D eigenvalue weighted by molar-refractivity contribution is 7.10. The molecule has 2 aliphatic rings. The van der Waals surface area contributed by atoms with Crippen molar-refractivity contribution in [3.8, 4) is 0 Å². The van der Waals surface area contributed by atoms with Gasteiger partial charge in [0.25, 0.3) is 0 Å². The quantitative estimate of drug-likeness (QED) is 0.940. The smallest absolute Gasteiger partial charge is 0.131 e. The predicted molar refractivity (Wildman–Crippen MR) is 78.8 cm³/mol. The van der Waals surface area contributed by atoms with E-state index in [1.54, 1.807) is 11.3 Å². The van der Waals surface area contributed by atoms with Gasteiger partial charge in [-0.05, 0) is 30.7 Å². The van der Waals surface area contributed by atoms with E-state index in [0.29, 0.717) is 18.2 Å². The number of hydrogen-bond acceptors (Lipinski definition) is 4. The summed E-state index contributed by atoms with van der Waals surface area (Å²) < 4.78 is 8.07. The molecule has 4 atom stereocenters. The van der Waals surface area contributed by atoms with Crippen molar-refractivity contribution in [2.24, 2.45) is 7.05 Å². The van der Waals surface area contributed by atoms with Crippen molar-refractivity contribution in [3.05, 3.63) is 40.6 Å². The predicted octanol–water partition coefficient (Wildman–Crippen LogP) is 2.48. The first-order chi connectivity index (χ1) is 9.81. The highest BCUT2D eigenvalue weighted by Gasteiger charge is 2.42. The SMILES string of the molecule is Cn1ccnc1C(NC1CC2CCC1O2)c1cccs1. The molecule has 0 aromatic carbocycles. The molecule has 4 unspecified atom stereocenters. The molecule has 0 spiro atoms. The summed E-state index contributed by atoms with van der Waals surface area (Å²) in [5, 5.41) is 5.92. The van der Waals surface area contributed by atoms with E-state index in [0.717, 1.165) is 12.2 Å². The lowest BCUT2D eigenvalue weighted by molar-refractivity contribution is 0.0964. The molecular formula is C15H19N3OS. The maximum absolute atomic E-state index is 5.96. The lowest BCUT2D eigenvalue weighted by Crippen LogP contribution is -2.40. The third-order valence-electron chi connectivity index (χ3n) is 4.43. The lowest BCUT2D eigenvalue weighted by atomic mass is 9.94. The van der Waals surface area contributed by atoms with Gasteiger partial charge in [-0.25, -0.2) is 4.98 Å². The van der Waals surface area contributed by atoms with Crippen molar-refractivity contribution in [1.82, 2.24) is 14.9 Å². The van der Waals surface area contributed by atoms with E-state index in [1.807, 2.05) is 12.4 Å². The first-order valence-corrected chi connectivity index (χ1v) is 8.11. The number of nitrogens with one attached hydrogen (secondary N) is 1. The average Bonchev–Trinajstić information content (AvgIpc) is 3.21. The largest absolute Gasteiger partial charge is 0.373 e. The molecule has 1 N–H and O–H groups in total. The fourth-order valence-corrected chi connectivity index (χ4v) is 4.20. The summed E-state index contributed by atoms with van der Waals surface area (Å²) in [7, 11) is 2.06. The zero-order valence-corrected chi connectivity index (χ0v) is 12.3. The standard InChI is InChI=1S/C15H19N3OS/c1-18-7-6-16-15(18)14(13-3-2-8-20-13)17-11-9-10-4-5-12(11)19-10/h2-3,6-8,10-12,14,17H,4-5,9H2,1H3. The molecule has 0 saturated carbocycles. The number of nitrogens with zero attached hydrogens (tertiary/aromatic N) is 2. The van der Waals surface area contributed by atoms with Gasteiger partial charge in [0.05, 0.1) is 12.2 Å². The summed E-state index contributed by atoms with van der Waals surface area (Å²) in [6.45, 7) is 0. The van der Waals surface area contributed by atoms with Crippen LogP contribution < -0.4 is 5.32 Å². The third-order valence-corrected chi connectivity index (χ3v) is 5.37.